The first-order chi connectivity index (χ1) is 21.7. The van der Waals surface area contributed by atoms with Crippen LogP contribution in [0.25, 0.3) is 76.6 Å². The zero-order valence-electron chi connectivity index (χ0n) is 24.1. The van der Waals surface area contributed by atoms with Gasteiger partial charge in [-0.1, -0.05) is 121 Å². The summed E-state index contributed by atoms with van der Waals surface area (Å²) in [6, 6.07) is 50.9. The summed E-state index contributed by atoms with van der Waals surface area (Å²) >= 11 is 1.85. The monoisotopic (exact) mass is 581 g/mol. The highest BCUT2D eigenvalue weighted by molar-refractivity contribution is 7.25. The molecule has 0 spiro atoms. The Labute approximate surface area is 260 Å². The number of aromatic nitrogens is 3. The van der Waals surface area contributed by atoms with E-state index in [1.54, 1.807) is 0 Å². The summed E-state index contributed by atoms with van der Waals surface area (Å²) in [5, 5.41) is 2.63. The molecule has 44 heavy (non-hydrogen) atoms. The second kappa shape index (κ2) is 11.0. The van der Waals surface area contributed by atoms with Crippen molar-refractivity contribution in [3.05, 3.63) is 151 Å². The number of aryl methyl sites for hydroxylation is 1. The lowest BCUT2D eigenvalue weighted by molar-refractivity contribution is 1.07. The Hall–Kier alpha value is -5.45. The molecule has 0 atom stereocenters. The van der Waals surface area contributed by atoms with Crippen LogP contribution in [0.1, 0.15) is 5.56 Å². The summed E-state index contributed by atoms with van der Waals surface area (Å²) in [5.74, 6) is 1.98. The van der Waals surface area contributed by atoms with Gasteiger partial charge in [0.05, 0.1) is 0 Å². The number of hydrogen-bond acceptors (Lipinski definition) is 4. The zero-order valence-corrected chi connectivity index (χ0v) is 24.9. The summed E-state index contributed by atoms with van der Waals surface area (Å²) in [6.45, 7) is 2.16. The molecule has 0 radical (unpaired) electrons. The molecule has 0 saturated heterocycles. The van der Waals surface area contributed by atoms with Crippen LogP contribution >= 0.6 is 11.3 Å². The Balaban J connectivity index is 1.26. The second-order valence-corrected chi connectivity index (χ2v) is 12.0. The van der Waals surface area contributed by atoms with Gasteiger partial charge in [0.1, 0.15) is 0 Å². The predicted molar refractivity (Wildman–Crippen MR) is 185 cm³/mol. The second-order valence-electron chi connectivity index (χ2n) is 10.9. The number of thiophene rings is 1. The van der Waals surface area contributed by atoms with Crippen molar-refractivity contribution in [2.24, 2.45) is 0 Å². The third-order valence-electron chi connectivity index (χ3n) is 8.08. The molecule has 4 heteroatoms. The minimum Gasteiger partial charge on any atom is -0.208 e. The van der Waals surface area contributed by atoms with Crippen LogP contribution in [0.4, 0.5) is 0 Å². The molecular formula is C40H27N3S. The number of hydrogen-bond donors (Lipinski definition) is 0. The number of benzene rings is 6. The normalized spacial score (nSPS) is 11.3. The highest BCUT2D eigenvalue weighted by Gasteiger charge is 2.15. The van der Waals surface area contributed by atoms with E-state index in [2.05, 4.69) is 91.9 Å². The van der Waals surface area contributed by atoms with Gasteiger partial charge in [0.25, 0.3) is 0 Å². The van der Waals surface area contributed by atoms with Crippen molar-refractivity contribution in [3.8, 4) is 56.4 Å². The van der Waals surface area contributed by atoms with Crippen LogP contribution in [0.3, 0.4) is 0 Å². The molecule has 2 heterocycles. The fraction of sp³-hybridized carbons (Fsp3) is 0.0250. The number of nitrogens with zero attached hydrogens (tertiary/aromatic N) is 3. The van der Waals surface area contributed by atoms with Crippen LogP contribution in [-0.4, -0.2) is 15.0 Å². The SMILES string of the molecule is Cc1ccc(-c2nc(-c3ccccc3)nc(-c3ccccc3)n2)cc1-c1cccc(-c2cccc3sc4ccccc4c23)c1. The molecule has 3 nitrogen and oxygen atoms in total. The van der Waals surface area contributed by atoms with E-state index in [4.69, 9.17) is 15.0 Å². The lowest BCUT2D eigenvalue weighted by atomic mass is 9.93. The van der Waals surface area contributed by atoms with Crippen molar-refractivity contribution in [1.29, 1.82) is 0 Å². The van der Waals surface area contributed by atoms with Crippen molar-refractivity contribution in [2.45, 2.75) is 6.92 Å². The fourth-order valence-electron chi connectivity index (χ4n) is 5.88. The van der Waals surface area contributed by atoms with Crippen molar-refractivity contribution >= 4 is 31.5 Å². The molecule has 0 aliphatic heterocycles. The van der Waals surface area contributed by atoms with Gasteiger partial charge in [-0.3, -0.25) is 0 Å². The van der Waals surface area contributed by atoms with E-state index in [0.29, 0.717) is 17.5 Å². The third kappa shape index (κ3) is 4.76. The highest BCUT2D eigenvalue weighted by Crippen LogP contribution is 2.41. The van der Waals surface area contributed by atoms with Gasteiger partial charge in [0.2, 0.25) is 0 Å². The fourth-order valence-corrected chi connectivity index (χ4v) is 7.01. The maximum absolute atomic E-state index is 4.97. The Morgan fingerprint density at radius 1 is 0.409 bits per heavy atom. The minimum absolute atomic E-state index is 0.657. The topological polar surface area (TPSA) is 38.7 Å². The number of fused-ring (bicyclic) bond motifs is 3. The molecule has 0 fully saturated rings. The smallest absolute Gasteiger partial charge is 0.164 e. The lowest BCUT2D eigenvalue weighted by Crippen LogP contribution is -2.00. The summed E-state index contributed by atoms with van der Waals surface area (Å²) in [5.41, 5.74) is 8.87. The van der Waals surface area contributed by atoms with E-state index in [1.165, 1.54) is 42.4 Å². The molecule has 0 bridgehead atoms. The van der Waals surface area contributed by atoms with Gasteiger partial charge in [-0.15, -0.1) is 11.3 Å². The minimum atomic E-state index is 0.657. The first kappa shape index (κ1) is 26.2. The van der Waals surface area contributed by atoms with Crippen molar-refractivity contribution < 1.29 is 0 Å². The number of rotatable bonds is 5. The molecule has 208 valence electrons. The Kier molecular flexibility index (Phi) is 6.55. The summed E-state index contributed by atoms with van der Waals surface area (Å²) in [4.78, 5) is 14.8. The third-order valence-corrected chi connectivity index (χ3v) is 9.22. The van der Waals surface area contributed by atoms with Gasteiger partial charge < -0.3 is 0 Å². The van der Waals surface area contributed by atoms with Crippen molar-refractivity contribution in [3.63, 3.8) is 0 Å². The summed E-state index contributed by atoms with van der Waals surface area (Å²) < 4.78 is 2.63. The molecule has 0 aliphatic carbocycles. The highest BCUT2D eigenvalue weighted by atomic mass is 32.1. The maximum atomic E-state index is 4.97. The summed E-state index contributed by atoms with van der Waals surface area (Å²) in [6.07, 6.45) is 0. The molecule has 8 rings (SSSR count). The van der Waals surface area contributed by atoms with E-state index < -0.39 is 0 Å². The van der Waals surface area contributed by atoms with Crippen LogP contribution in [0.15, 0.2) is 146 Å². The predicted octanol–water partition coefficient (Wildman–Crippen LogP) is 10.9. The molecule has 6 aromatic carbocycles. The van der Waals surface area contributed by atoms with Gasteiger partial charge in [0.15, 0.2) is 17.5 Å². The van der Waals surface area contributed by atoms with Crippen LogP contribution in [0.2, 0.25) is 0 Å². The Morgan fingerprint density at radius 2 is 0.955 bits per heavy atom. The van der Waals surface area contributed by atoms with Crippen LogP contribution in [0, 0.1) is 6.92 Å². The molecule has 0 saturated carbocycles. The van der Waals surface area contributed by atoms with E-state index in [9.17, 15) is 0 Å². The van der Waals surface area contributed by atoms with Crippen molar-refractivity contribution in [2.75, 3.05) is 0 Å². The lowest BCUT2D eigenvalue weighted by Gasteiger charge is -2.13. The largest absolute Gasteiger partial charge is 0.208 e. The maximum Gasteiger partial charge on any atom is 0.164 e. The average molecular weight is 582 g/mol. The zero-order chi connectivity index (χ0) is 29.5. The molecular weight excluding hydrogens is 555 g/mol. The molecule has 8 aromatic rings. The first-order valence-electron chi connectivity index (χ1n) is 14.7. The van der Waals surface area contributed by atoms with Gasteiger partial charge in [-0.2, -0.15) is 0 Å². The van der Waals surface area contributed by atoms with E-state index >= 15 is 0 Å². The molecule has 0 N–H and O–H groups in total. The van der Waals surface area contributed by atoms with E-state index in [0.717, 1.165) is 22.3 Å². The van der Waals surface area contributed by atoms with Gasteiger partial charge >= 0.3 is 0 Å². The average Bonchev–Trinajstić information content (AvgIpc) is 3.48. The van der Waals surface area contributed by atoms with Crippen LogP contribution in [0.5, 0.6) is 0 Å². The molecule has 0 amide bonds. The van der Waals surface area contributed by atoms with Crippen molar-refractivity contribution in [1.82, 2.24) is 15.0 Å². The Bertz CT molecular complexity index is 2230. The van der Waals surface area contributed by atoms with Crippen LogP contribution < -0.4 is 0 Å². The van der Waals surface area contributed by atoms with Crippen LogP contribution in [-0.2, 0) is 0 Å². The van der Waals surface area contributed by atoms with Gasteiger partial charge in [0, 0.05) is 36.9 Å². The first-order valence-corrected chi connectivity index (χ1v) is 15.5. The van der Waals surface area contributed by atoms with E-state index in [1.807, 2.05) is 72.0 Å². The van der Waals surface area contributed by atoms with Gasteiger partial charge in [-0.25, -0.2) is 15.0 Å². The molecule has 0 aliphatic rings. The Morgan fingerprint density at radius 3 is 1.66 bits per heavy atom. The molecule has 0 unspecified atom stereocenters. The standard InChI is InChI=1S/C40H27N3S/c1-26-22-23-31(40-42-38(27-12-4-2-5-13-27)41-39(43-40)28-14-6-3-7-15-28)25-34(26)30-17-10-16-29(24-30)32-19-11-21-36-37(32)33-18-8-9-20-35(33)44-36/h2-25H,1H3. The summed E-state index contributed by atoms with van der Waals surface area (Å²) in [7, 11) is 0. The quantitative estimate of drug-likeness (QED) is 0.203. The van der Waals surface area contributed by atoms with Gasteiger partial charge in [-0.05, 0) is 59.0 Å². The van der Waals surface area contributed by atoms with E-state index in [-0.39, 0.29) is 0 Å². The molecule has 2 aromatic heterocycles.